The molecule has 0 saturated heterocycles. The highest BCUT2D eigenvalue weighted by molar-refractivity contribution is 7.91. The molecular weight excluding hydrogens is 538 g/mol. The maximum absolute atomic E-state index is 12.5. The van der Waals surface area contributed by atoms with Gasteiger partial charge in [0.05, 0.1) is 11.0 Å². The van der Waals surface area contributed by atoms with Gasteiger partial charge in [0.1, 0.15) is 11.7 Å². The Labute approximate surface area is 236 Å². The van der Waals surface area contributed by atoms with Crippen LogP contribution in [0.5, 0.6) is 0 Å². The number of nitrogen functional groups attached to an aromatic ring is 1. The van der Waals surface area contributed by atoms with Gasteiger partial charge in [0.2, 0.25) is 0 Å². The lowest BCUT2D eigenvalue weighted by atomic mass is 10.0. The van der Waals surface area contributed by atoms with Crippen LogP contribution in [-0.2, 0) is 19.4 Å². The van der Waals surface area contributed by atoms with Crippen molar-refractivity contribution in [1.29, 1.82) is 5.41 Å². The quantitative estimate of drug-likeness (QED) is 0.103. The molecule has 2 rings (SSSR count). The van der Waals surface area contributed by atoms with E-state index in [1.54, 1.807) is 24.3 Å². The van der Waals surface area contributed by atoms with Crippen molar-refractivity contribution >= 4 is 33.3 Å². The topological polar surface area (TPSA) is 206 Å². The first kappa shape index (κ1) is 36.5. The standard InChI is InChI=1S/C23H35N5O3S.2C2H4O2/c1-17(2)18-6-10-22(11-7-18)32(30,31)16-26-12-13-28(3)15-21(29)14-27-20-8-4-19(5-9-20)23(24)25;2*1-2(3)4/h4-11,17,21,26-27,29H,12-16H2,1-3H3,(H3,24,25);2*1H3,(H,3,4). The molecule has 0 radical (unpaired) electrons. The lowest BCUT2D eigenvalue weighted by Gasteiger charge is -2.21. The maximum Gasteiger partial charge on any atom is 0.300 e. The van der Waals surface area contributed by atoms with Crippen LogP contribution in [-0.4, -0.2) is 91.6 Å². The minimum atomic E-state index is -3.38. The monoisotopic (exact) mass is 581 g/mol. The summed E-state index contributed by atoms with van der Waals surface area (Å²) in [5.74, 6) is -1.41. The third kappa shape index (κ3) is 17.1. The summed E-state index contributed by atoms with van der Waals surface area (Å²) in [7, 11) is -1.50. The summed E-state index contributed by atoms with van der Waals surface area (Å²) < 4.78 is 24.9. The summed E-state index contributed by atoms with van der Waals surface area (Å²) in [6.07, 6.45) is -0.587. The van der Waals surface area contributed by atoms with Crippen LogP contribution in [0.2, 0.25) is 0 Å². The van der Waals surface area contributed by atoms with Crippen molar-refractivity contribution in [2.45, 2.75) is 44.6 Å². The van der Waals surface area contributed by atoms with Crippen molar-refractivity contribution in [2.24, 2.45) is 5.73 Å². The minimum Gasteiger partial charge on any atom is -0.481 e. The zero-order valence-corrected chi connectivity index (χ0v) is 24.5. The van der Waals surface area contributed by atoms with Gasteiger partial charge < -0.3 is 36.6 Å². The van der Waals surface area contributed by atoms with E-state index in [2.05, 4.69) is 24.5 Å². The minimum absolute atomic E-state index is 0.0173. The number of benzene rings is 2. The molecule has 1 unspecified atom stereocenters. The normalized spacial score (nSPS) is 11.5. The van der Waals surface area contributed by atoms with Crippen LogP contribution in [0.25, 0.3) is 0 Å². The van der Waals surface area contributed by atoms with Gasteiger partial charge >= 0.3 is 0 Å². The van der Waals surface area contributed by atoms with E-state index >= 15 is 0 Å². The molecule has 2 aromatic carbocycles. The van der Waals surface area contributed by atoms with Gasteiger partial charge in [-0.05, 0) is 54.9 Å². The number of anilines is 1. The number of carbonyl (C=O) groups is 2. The molecule has 224 valence electrons. The molecular formula is C27H43N5O7S. The zero-order chi connectivity index (χ0) is 30.9. The van der Waals surface area contributed by atoms with Crippen LogP contribution in [0.1, 0.15) is 44.7 Å². The highest BCUT2D eigenvalue weighted by Crippen LogP contribution is 2.17. The number of amidine groups is 1. The fourth-order valence-corrected chi connectivity index (χ4v) is 4.27. The Balaban J connectivity index is 0.00000167. The molecule has 0 spiro atoms. The van der Waals surface area contributed by atoms with E-state index in [-0.39, 0.29) is 11.7 Å². The summed E-state index contributed by atoms with van der Waals surface area (Å²) in [5, 5.41) is 38.6. The number of hydrogen-bond acceptors (Lipinski definition) is 9. The molecule has 2 aromatic rings. The summed E-state index contributed by atoms with van der Waals surface area (Å²) >= 11 is 0. The molecule has 12 nitrogen and oxygen atoms in total. The average molecular weight is 582 g/mol. The summed E-state index contributed by atoms with van der Waals surface area (Å²) in [6, 6.07) is 14.2. The largest absolute Gasteiger partial charge is 0.481 e. The lowest BCUT2D eigenvalue weighted by Crippen LogP contribution is -2.38. The van der Waals surface area contributed by atoms with Gasteiger partial charge in [0.25, 0.3) is 11.9 Å². The van der Waals surface area contributed by atoms with Crippen LogP contribution >= 0.6 is 0 Å². The maximum atomic E-state index is 12.5. The number of carboxylic acid groups (broad SMARTS) is 2. The predicted octanol–water partition coefficient (Wildman–Crippen LogP) is 2.00. The number of nitrogens with one attached hydrogen (secondary N) is 3. The average Bonchev–Trinajstić information content (AvgIpc) is 2.85. The zero-order valence-electron chi connectivity index (χ0n) is 23.7. The molecule has 0 bridgehead atoms. The number of hydrogen-bond donors (Lipinski definition) is 7. The first-order valence-electron chi connectivity index (χ1n) is 12.5. The van der Waals surface area contributed by atoms with Gasteiger partial charge in [-0.15, -0.1) is 0 Å². The molecule has 0 heterocycles. The molecule has 0 saturated carbocycles. The smallest absolute Gasteiger partial charge is 0.300 e. The van der Waals surface area contributed by atoms with Crippen LogP contribution in [0, 0.1) is 5.41 Å². The Hall–Kier alpha value is -3.52. The van der Waals surface area contributed by atoms with Gasteiger partial charge in [-0.2, -0.15) is 0 Å². The van der Waals surface area contributed by atoms with Gasteiger partial charge in [0.15, 0.2) is 9.84 Å². The Morgan fingerprint density at radius 3 is 1.95 bits per heavy atom. The molecule has 0 aliphatic heterocycles. The van der Waals surface area contributed by atoms with E-state index in [0.717, 1.165) is 25.1 Å². The molecule has 0 fully saturated rings. The van der Waals surface area contributed by atoms with Crippen molar-refractivity contribution in [3.8, 4) is 0 Å². The number of carboxylic acids is 2. The molecule has 13 heteroatoms. The molecule has 0 aliphatic rings. The summed E-state index contributed by atoms with van der Waals surface area (Å²) in [5.41, 5.74) is 8.04. The van der Waals surface area contributed by atoms with Gasteiger partial charge in [-0.3, -0.25) is 15.0 Å². The van der Waals surface area contributed by atoms with Crippen molar-refractivity contribution < 1.29 is 33.3 Å². The first-order chi connectivity index (χ1) is 18.5. The van der Waals surface area contributed by atoms with Crippen LogP contribution < -0.4 is 16.4 Å². The Morgan fingerprint density at radius 1 is 1.00 bits per heavy atom. The van der Waals surface area contributed by atoms with Crippen molar-refractivity contribution in [2.75, 3.05) is 44.4 Å². The van der Waals surface area contributed by atoms with Gasteiger partial charge in [-0.1, -0.05) is 26.0 Å². The predicted molar refractivity (Wildman–Crippen MR) is 157 cm³/mol. The highest BCUT2D eigenvalue weighted by atomic mass is 32.2. The van der Waals surface area contributed by atoms with Crippen molar-refractivity contribution in [3.05, 3.63) is 59.7 Å². The second-order valence-electron chi connectivity index (χ2n) is 9.31. The van der Waals surface area contributed by atoms with E-state index in [1.807, 2.05) is 36.2 Å². The van der Waals surface area contributed by atoms with Crippen LogP contribution in [0.3, 0.4) is 0 Å². The van der Waals surface area contributed by atoms with E-state index in [0.29, 0.717) is 42.6 Å². The van der Waals surface area contributed by atoms with Crippen LogP contribution in [0.15, 0.2) is 53.4 Å². The summed E-state index contributed by atoms with van der Waals surface area (Å²) in [4.78, 5) is 20.3. The third-order valence-electron chi connectivity index (χ3n) is 5.13. The van der Waals surface area contributed by atoms with Gasteiger partial charge in [0, 0.05) is 51.3 Å². The fraction of sp³-hybridized carbons (Fsp3) is 0.444. The van der Waals surface area contributed by atoms with Crippen LogP contribution in [0.4, 0.5) is 5.69 Å². The lowest BCUT2D eigenvalue weighted by molar-refractivity contribution is -0.135. The number of nitrogens with zero attached hydrogens (tertiary/aromatic N) is 1. The second-order valence-corrected chi connectivity index (χ2v) is 11.3. The molecule has 0 aromatic heterocycles. The van der Waals surface area contributed by atoms with E-state index in [4.69, 9.17) is 30.9 Å². The first-order valence-corrected chi connectivity index (χ1v) is 14.2. The van der Waals surface area contributed by atoms with Crippen molar-refractivity contribution in [3.63, 3.8) is 0 Å². The molecule has 0 aliphatic carbocycles. The number of aliphatic hydroxyl groups excluding tert-OH is 1. The highest BCUT2D eigenvalue weighted by Gasteiger charge is 2.15. The third-order valence-corrected chi connectivity index (χ3v) is 6.70. The Morgan fingerprint density at radius 2 is 1.50 bits per heavy atom. The SMILES string of the molecule is CC(=O)O.CC(=O)O.CC(C)c1ccc(S(=O)(=O)CNCCN(C)CC(O)CNc2ccc(C(=N)N)cc2)cc1. The number of likely N-dealkylation sites (N-methyl/N-ethyl adjacent to an activating group) is 1. The molecule has 8 N–H and O–H groups in total. The number of sulfone groups is 1. The molecule has 0 amide bonds. The van der Waals surface area contributed by atoms with Crippen molar-refractivity contribution in [1.82, 2.24) is 10.2 Å². The van der Waals surface area contributed by atoms with Gasteiger partial charge in [-0.25, -0.2) is 8.42 Å². The van der Waals surface area contributed by atoms with E-state index in [1.165, 1.54) is 0 Å². The van der Waals surface area contributed by atoms with E-state index < -0.39 is 27.9 Å². The Kier molecular flexibility index (Phi) is 17.1. The van der Waals surface area contributed by atoms with E-state index in [9.17, 15) is 13.5 Å². The number of nitrogens with two attached hydrogens (primary N) is 1. The second kappa shape index (κ2) is 18.7. The number of rotatable bonds is 13. The number of aliphatic carboxylic acids is 2. The summed E-state index contributed by atoms with van der Waals surface area (Å²) in [6.45, 7) is 8.23. The number of aliphatic hydroxyl groups is 1. The fourth-order valence-electron chi connectivity index (χ4n) is 3.14. The molecule has 40 heavy (non-hydrogen) atoms. The molecule has 1 atom stereocenters. The Bertz CT molecular complexity index is 1130.